The van der Waals surface area contributed by atoms with Gasteiger partial charge in [0.05, 0.1) is 16.9 Å². The average molecular weight is 373 g/mol. The summed E-state index contributed by atoms with van der Waals surface area (Å²) in [7, 11) is 0. The molecule has 0 aliphatic rings. The predicted molar refractivity (Wildman–Crippen MR) is 89.5 cm³/mol. The summed E-state index contributed by atoms with van der Waals surface area (Å²) < 4.78 is 3.00. The molecule has 114 valence electrons. The van der Waals surface area contributed by atoms with Crippen LogP contribution in [0.25, 0.3) is 11.0 Å². The first-order valence-electron chi connectivity index (χ1n) is 7.05. The predicted octanol–water partition coefficient (Wildman–Crippen LogP) is 3.84. The summed E-state index contributed by atoms with van der Waals surface area (Å²) >= 11 is 9.41. The zero-order valence-electron chi connectivity index (χ0n) is 12.2. The first-order chi connectivity index (χ1) is 10.0. The van der Waals surface area contributed by atoms with Crippen LogP contribution >= 0.6 is 27.5 Å². The Balaban J connectivity index is 2.15. The van der Waals surface area contributed by atoms with E-state index in [1.165, 1.54) is 0 Å². The molecule has 0 bridgehead atoms. The fourth-order valence-corrected chi connectivity index (χ4v) is 2.72. The van der Waals surface area contributed by atoms with Crippen molar-refractivity contribution in [3.63, 3.8) is 0 Å². The Morgan fingerprint density at radius 3 is 2.95 bits per heavy atom. The molecule has 1 aromatic carbocycles. The largest absolute Gasteiger partial charge is 0.354 e. The van der Waals surface area contributed by atoms with Gasteiger partial charge in [-0.2, -0.15) is 0 Å². The Hall–Kier alpha value is -1.07. The highest BCUT2D eigenvalue weighted by atomic mass is 79.9. The molecule has 0 aliphatic heterocycles. The summed E-state index contributed by atoms with van der Waals surface area (Å²) in [6, 6.07) is 6.13. The van der Waals surface area contributed by atoms with E-state index in [0.29, 0.717) is 18.8 Å². The molecule has 4 nitrogen and oxygen atoms in total. The van der Waals surface area contributed by atoms with Crippen LogP contribution in [-0.4, -0.2) is 21.5 Å². The number of halogens is 2. The highest BCUT2D eigenvalue weighted by molar-refractivity contribution is 9.10. The maximum atomic E-state index is 11.9. The number of fused-ring (bicyclic) bond motifs is 1. The summed E-state index contributed by atoms with van der Waals surface area (Å²) in [5.41, 5.74) is 1.90. The van der Waals surface area contributed by atoms with Gasteiger partial charge in [-0.15, -0.1) is 11.6 Å². The highest BCUT2D eigenvalue weighted by Gasteiger charge is 2.12. The second-order valence-corrected chi connectivity index (χ2v) is 6.26. The van der Waals surface area contributed by atoms with Gasteiger partial charge in [-0.25, -0.2) is 4.98 Å². The number of alkyl halides is 1. The fraction of sp³-hybridized carbons (Fsp3) is 0.467. The van der Waals surface area contributed by atoms with Gasteiger partial charge < -0.3 is 9.88 Å². The number of amides is 1. The average Bonchev–Trinajstić information content (AvgIpc) is 2.81. The Labute approximate surface area is 138 Å². The monoisotopic (exact) mass is 371 g/mol. The molecule has 1 atom stereocenters. The first-order valence-corrected chi connectivity index (χ1v) is 8.38. The van der Waals surface area contributed by atoms with Gasteiger partial charge in [0.25, 0.3) is 0 Å². The number of nitrogens with one attached hydrogen (secondary N) is 1. The Kier molecular flexibility index (Phi) is 5.65. The van der Waals surface area contributed by atoms with Crippen LogP contribution in [0.4, 0.5) is 0 Å². The SMILES string of the molecule is CCC(C)NC(=O)CCn1c(CCl)nc2cc(Br)ccc21. The normalized spacial score (nSPS) is 12.6. The van der Waals surface area contributed by atoms with E-state index in [1.54, 1.807) is 0 Å². The summed E-state index contributed by atoms with van der Waals surface area (Å²) in [5.74, 6) is 1.18. The van der Waals surface area contributed by atoms with Gasteiger partial charge in [0.15, 0.2) is 0 Å². The lowest BCUT2D eigenvalue weighted by Crippen LogP contribution is -2.32. The van der Waals surface area contributed by atoms with E-state index >= 15 is 0 Å². The van der Waals surface area contributed by atoms with E-state index in [1.807, 2.05) is 29.7 Å². The summed E-state index contributed by atoms with van der Waals surface area (Å²) in [4.78, 5) is 16.4. The lowest BCUT2D eigenvalue weighted by molar-refractivity contribution is -0.121. The molecule has 1 N–H and O–H groups in total. The third kappa shape index (κ3) is 3.98. The topological polar surface area (TPSA) is 46.9 Å². The number of benzene rings is 1. The first kappa shape index (κ1) is 16.3. The molecule has 1 amide bonds. The molecule has 2 rings (SSSR count). The van der Waals surface area contributed by atoms with Crippen molar-refractivity contribution in [2.45, 2.75) is 45.2 Å². The Morgan fingerprint density at radius 2 is 2.29 bits per heavy atom. The number of hydrogen-bond acceptors (Lipinski definition) is 2. The molecule has 1 heterocycles. The second kappa shape index (κ2) is 7.27. The minimum Gasteiger partial charge on any atom is -0.354 e. The van der Waals surface area contributed by atoms with Gasteiger partial charge in [-0.1, -0.05) is 22.9 Å². The van der Waals surface area contributed by atoms with Gasteiger partial charge in [-0.05, 0) is 31.5 Å². The number of imidazole rings is 1. The quantitative estimate of drug-likeness (QED) is 0.783. The summed E-state index contributed by atoms with van der Waals surface area (Å²) in [6.07, 6.45) is 1.36. The van der Waals surface area contributed by atoms with Crippen LogP contribution in [0.5, 0.6) is 0 Å². The molecular weight excluding hydrogens is 354 g/mol. The molecule has 0 radical (unpaired) electrons. The number of rotatable bonds is 6. The Bertz CT molecular complexity index is 641. The molecule has 2 aromatic rings. The van der Waals surface area contributed by atoms with E-state index in [0.717, 1.165) is 27.8 Å². The van der Waals surface area contributed by atoms with Crippen LogP contribution in [-0.2, 0) is 17.2 Å². The van der Waals surface area contributed by atoms with Crippen LogP contribution in [0.2, 0.25) is 0 Å². The van der Waals surface area contributed by atoms with Crippen LogP contribution in [0.1, 0.15) is 32.5 Å². The number of carbonyl (C=O) groups excluding carboxylic acids is 1. The zero-order chi connectivity index (χ0) is 15.4. The van der Waals surface area contributed by atoms with E-state index in [4.69, 9.17) is 11.6 Å². The van der Waals surface area contributed by atoms with E-state index in [9.17, 15) is 4.79 Å². The molecule has 0 spiro atoms. The second-order valence-electron chi connectivity index (χ2n) is 5.07. The van der Waals surface area contributed by atoms with Crippen molar-refractivity contribution < 1.29 is 4.79 Å². The van der Waals surface area contributed by atoms with E-state index < -0.39 is 0 Å². The van der Waals surface area contributed by atoms with Crippen molar-refractivity contribution in [2.75, 3.05) is 0 Å². The molecule has 0 aliphatic carbocycles. The molecule has 0 fully saturated rings. The third-order valence-electron chi connectivity index (χ3n) is 3.49. The van der Waals surface area contributed by atoms with Gasteiger partial charge in [0.1, 0.15) is 5.82 Å². The minimum atomic E-state index is 0.0591. The van der Waals surface area contributed by atoms with Gasteiger partial charge in [0.2, 0.25) is 5.91 Å². The number of aryl methyl sites for hydroxylation is 1. The maximum Gasteiger partial charge on any atom is 0.221 e. The van der Waals surface area contributed by atoms with Crippen molar-refractivity contribution in [1.82, 2.24) is 14.9 Å². The lowest BCUT2D eigenvalue weighted by Gasteiger charge is -2.12. The summed E-state index contributed by atoms with van der Waals surface area (Å²) in [6.45, 7) is 4.65. The van der Waals surface area contributed by atoms with Gasteiger partial charge in [0, 0.05) is 23.5 Å². The summed E-state index contributed by atoms with van der Waals surface area (Å²) in [5, 5.41) is 2.97. The lowest BCUT2D eigenvalue weighted by atomic mass is 10.2. The number of aromatic nitrogens is 2. The molecule has 1 aromatic heterocycles. The fourth-order valence-electron chi connectivity index (χ4n) is 2.17. The van der Waals surface area contributed by atoms with Crippen LogP contribution in [0.3, 0.4) is 0 Å². The van der Waals surface area contributed by atoms with Crippen molar-refractivity contribution in [3.8, 4) is 0 Å². The Morgan fingerprint density at radius 1 is 1.52 bits per heavy atom. The maximum absolute atomic E-state index is 11.9. The third-order valence-corrected chi connectivity index (χ3v) is 4.22. The molecule has 6 heteroatoms. The van der Waals surface area contributed by atoms with Crippen molar-refractivity contribution in [3.05, 3.63) is 28.5 Å². The number of hydrogen-bond donors (Lipinski definition) is 1. The van der Waals surface area contributed by atoms with Crippen LogP contribution in [0, 0.1) is 0 Å². The van der Waals surface area contributed by atoms with E-state index in [2.05, 4.69) is 33.2 Å². The molecule has 1 unspecified atom stereocenters. The molecule has 0 saturated carbocycles. The number of carbonyl (C=O) groups is 1. The zero-order valence-corrected chi connectivity index (χ0v) is 14.5. The molecule has 0 saturated heterocycles. The molecular formula is C15H19BrClN3O. The van der Waals surface area contributed by atoms with Gasteiger partial charge >= 0.3 is 0 Å². The minimum absolute atomic E-state index is 0.0591. The highest BCUT2D eigenvalue weighted by Crippen LogP contribution is 2.22. The smallest absolute Gasteiger partial charge is 0.221 e. The molecule has 21 heavy (non-hydrogen) atoms. The van der Waals surface area contributed by atoms with Crippen molar-refractivity contribution in [2.24, 2.45) is 0 Å². The standard InChI is InChI=1S/C15H19BrClN3O/c1-3-10(2)18-15(21)6-7-20-13-5-4-11(16)8-12(13)19-14(20)9-17/h4-5,8,10H,3,6-7,9H2,1-2H3,(H,18,21). The van der Waals surface area contributed by atoms with Crippen molar-refractivity contribution >= 4 is 44.5 Å². The number of nitrogens with zero attached hydrogens (tertiary/aromatic N) is 2. The van der Waals surface area contributed by atoms with Crippen LogP contribution < -0.4 is 5.32 Å². The van der Waals surface area contributed by atoms with Crippen molar-refractivity contribution in [1.29, 1.82) is 0 Å². The van der Waals surface area contributed by atoms with Crippen LogP contribution in [0.15, 0.2) is 22.7 Å². The van der Waals surface area contributed by atoms with E-state index in [-0.39, 0.29) is 11.9 Å². The van der Waals surface area contributed by atoms with Gasteiger partial charge in [-0.3, -0.25) is 4.79 Å².